The highest BCUT2D eigenvalue weighted by atomic mass is 32.1. The van der Waals surface area contributed by atoms with Gasteiger partial charge >= 0.3 is 0 Å². The molecule has 20 heavy (non-hydrogen) atoms. The number of rotatable bonds is 4. The van der Waals surface area contributed by atoms with Crippen molar-refractivity contribution in [3.8, 4) is 11.8 Å². The van der Waals surface area contributed by atoms with E-state index >= 15 is 0 Å². The molecule has 2 N–H and O–H groups in total. The van der Waals surface area contributed by atoms with Crippen molar-refractivity contribution < 1.29 is 9.90 Å². The Morgan fingerprint density at radius 3 is 3.05 bits per heavy atom. The number of amides is 1. The summed E-state index contributed by atoms with van der Waals surface area (Å²) in [4.78, 5) is 16.9. The van der Waals surface area contributed by atoms with Gasteiger partial charge in [0.25, 0.3) is 0 Å². The second-order valence-electron chi connectivity index (χ2n) is 3.99. The summed E-state index contributed by atoms with van der Waals surface area (Å²) in [6.07, 6.45) is 1.94. The van der Waals surface area contributed by atoms with Gasteiger partial charge in [-0.3, -0.25) is 9.78 Å². The standard InChI is InChI=1S/C15H14N2O2S/c18-8-3-4-12-6-9-20-14(12)11-17-15(19)10-13-5-1-2-7-16-13/h1-2,5-7,9,18H,8,10-11H2,(H,17,19). The zero-order chi connectivity index (χ0) is 14.2. The second-order valence-corrected chi connectivity index (χ2v) is 4.99. The number of nitrogens with zero attached hydrogens (tertiary/aromatic N) is 1. The van der Waals surface area contributed by atoms with E-state index in [9.17, 15) is 4.79 Å². The molecule has 0 saturated carbocycles. The van der Waals surface area contributed by atoms with Crippen LogP contribution in [-0.2, 0) is 17.8 Å². The van der Waals surface area contributed by atoms with Crippen LogP contribution in [0.25, 0.3) is 0 Å². The van der Waals surface area contributed by atoms with Crippen LogP contribution in [0.4, 0.5) is 0 Å². The molecule has 0 aromatic carbocycles. The van der Waals surface area contributed by atoms with Crippen LogP contribution in [0.2, 0.25) is 0 Å². The van der Waals surface area contributed by atoms with Crippen molar-refractivity contribution in [2.45, 2.75) is 13.0 Å². The molecule has 2 heterocycles. The number of nitrogens with one attached hydrogen (secondary N) is 1. The SMILES string of the molecule is O=C(Cc1ccccn1)NCc1sccc1C#CCO. The number of aliphatic hydroxyl groups is 1. The Bertz CT molecular complexity index is 626. The average molecular weight is 286 g/mol. The van der Waals surface area contributed by atoms with E-state index in [-0.39, 0.29) is 18.9 Å². The minimum Gasteiger partial charge on any atom is -0.384 e. The minimum absolute atomic E-state index is 0.0711. The van der Waals surface area contributed by atoms with E-state index in [1.807, 2.05) is 29.6 Å². The van der Waals surface area contributed by atoms with E-state index in [1.54, 1.807) is 6.20 Å². The Hall–Kier alpha value is -2.16. The summed E-state index contributed by atoms with van der Waals surface area (Å²) in [5.74, 6) is 5.40. The average Bonchev–Trinajstić information content (AvgIpc) is 2.91. The fourth-order valence-corrected chi connectivity index (χ4v) is 2.40. The van der Waals surface area contributed by atoms with Gasteiger partial charge in [-0.15, -0.1) is 11.3 Å². The molecule has 0 bridgehead atoms. The Kier molecular flexibility index (Phi) is 5.30. The fourth-order valence-electron chi connectivity index (χ4n) is 1.63. The number of hydrogen-bond donors (Lipinski definition) is 2. The molecule has 0 radical (unpaired) electrons. The first-order valence-corrected chi connectivity index (χ1v) is 7.00. The van der Waals surface area contributed by atoms with E-state index < -0.39 is 0 Å². The lowest BCUT2D eigenvalue weighted by molar-refractivity contribution is -0.120. The maximum atomic E-state index is 11.8. The third kappa shape index (κ3) is 4.19. The van der Waals surface area contributed by atoms with Crippen molar-refractivity contribution in [1.29, 1.82) is 0 Å². The normalized spacial score (nSPS) is 9.65. The molecule has 102 valence electrons. The smallest absolute Gasteiger partial charge is 0.226 e. The summed E-state index contributed by atoms with van der Waals surface area (Å²) in [5.41, 5.74) is 1.60. The highest BCUT2D eigenvalue weighted by Gasteiger charge is 2.06. The highest BCUT2D eigenvalue weighted by molar-refractivity contribution is 7.10. The van der Waals surface area contributed by atoms with Crippen LogP contribution in [0.1, 0.15) is 16.1 Å². The highest BCUT2D eigenvalue weighted by Crippen LogP contribution is 2.15. The van der Waals surface area contributed by atoms with Gasteiger partial charge in [0.2, 0.25) is 5.91 Å². The molecule has 2 aromatic heterocycles. The molecule has 1 amide bonds. The molecule has 0 fully saturated rings. The van der Waals surface area contributed by atoms with Crippen molar-refractivity contribution in [3.63, 3.8) is 0 Å². The number of carbonyl (C=O) groups is 1. The van der Waals surface area contributed by atoms with Gasteiger partial charge in [0.15, 0.2) is 0 Å². The van der Waals surface area contributed by atoms with Crippen LogP contribution in [-0.4, -0.2) is 22.6 Å². The topological polar surface area (TPSA) is 62.2 Å². The maximum Gasteiger partial charge on any atom is 0.226 e. The van der Waals surface area contributed by atoms with Crippen LogP contribution in [0.3, 0.4) is 0 Å². The Morgan fingerprint density at radius 1 is 1.40 bits per heavy atom. The van der Waals surface area contributed by atoms with Crippen molar-refractivity contribution in [2.24, 2.45) is 0 Å². The summed E-state index contributed by atoms with van der Waals surface area (Å²) >= 11 is 1.53. The number of hydrogen-bond acceptors (Lipinski definition) is 4. The van der Waals surface area contributed by atoms with Gasteiger partial charge in [0, 0.05) is 22.3 Å². The number of pyridine rings is 1. The first-order valence-electron chi connectivity index (χ1n) is 6.12. The van der Waals surface area contributed by atoms with Gasteiger partial charge < -0.3 is 10.4 Å². The third-order valence-electron chi connectivity index (χ3n) is 2.56. The zero-order valence-electron chi connectivity index (χ0n) is 10.8. The van der Waals surface area contributed by atoms with E-state index in [0.717, 1.165) is 16.1 Å². The lowest BCUT2D eigenvalue weighted by Crippen LogP contribution is -2.24. The van der Waals surface area contributed by atoms with E-state index in [2.05, 4.69) is 22.1 Å². The Labute approximate surface area is 121 Å². The molecule has 0 spiro atoms. The van der Waals surface area contributed by atoms with Crippen LogP contribution in [0.15, 0.2) is 35.8 Å². The summed E-state index contributed by atoms with van der Waals surface area (Å²) in [6, 6.07) is 7.38. The van der Waals surface area contributed by atoms with Gasteiger partial charge in [-0.1, -0.05) is 17.9 Å². The number of aromatic nitrogens is 1. The predicted molar refractivity (Wildman–Crippen MR) is 78.1 cm³/mol. The molecule has 2 rings (SSSR count). The molecule has 0 aliphatic carbocycles. The van der Waals surface area contributed by atoms with Crippen molar-refractivity contribution in [2.75, 3.05) is 6.61 Å². The Morgan fingerprint density at radius 2 is 2.30 bits per heavy atom. The van der Waals surface area contributed by atoms with Crippen LogP contribution in [0, 0.1) is 11.8 Å². The van der Waals surface area contributed by atoms with Crippen LogP contribution in [0.5, 0.6) is 0 Å². The summed E-state index contributed by atoms with van der Waals surface area (Å²) in [6.45, 7) is 0.278. The fraction of sp³-hybridized carbons (Fsp3) is 0.200. The summed E-state index contributed by atoms with van der Waals surface area (Å²) in [7, 11) is 0. The van der Waals surface area contributed by atoms with Crippen molar-refractivity contribution in [1.82, 2.24) is 10.3 Å². The molecule has 0 saturated heterocycles. The molecule has 0 aliphatic rings. The lowest BCUT2D eigenvalue weighted by Gasteiger charge is -2.04. The first kappa shape index (κ1) is 14.3. The third-order valence-corrected chi connectivity index (χ3v) is 3.48. The van der Waals surface area contributed by atoms with Gasteiger partial charge in [-0.05, 0) is 23.6 Å². The quantitative estimate of drug-likeness (QED) is 0.834. The van der Waals surface area contributed by atoms with Gasteiger partial charge in [0.05, 0.1) is 13.0 Å². The zero-order valence-corrected chi connectivity index (χ0v) is 11.6. The second kappa shape index (κ2) is 7.43. The van der Waals surface area contributed by atoms with Crippen molar-refractivity contribution in [3.05, 3.63) is 52.0 Å². The van der Waals surface area contributed by atoms with Gasteiger partial charge in [-0.25, -0.2) is 0 Å². The predicted octanol–water partition coefficient (Wildman–Crippen LogP) is 1.35. The van der Waals surface area contributed by atoms with Crippen molar-refractivity contribution >= 4 is 17.2 Å². The summed E-state index contributed by atoms with van der Waals surface area (Å²) < 4.78 is 0. The number of aliphatic hydroxyl groups excluding tert-OH is 1. The molecule has 5 heteroatoms. The van der Waals surface area contributed by atoms with Gasteiger partial charge in [-0.2, -0.15) is 0 Å². The number of thiophene rings is 1. The molecule has 0 aliphatic heterocycles. The monoisotopic (exact) mass is 286 g/mol. The molecular formula is C15H14N2O2S. The lowest BCUT2D eigenvalue weighted by atomic mass is 10.2. The largest absolute Gasteiger partial charge is 0.384 e. The van der Waals surface area contributed by atoms with E-state index in [1.165, 1.54) is 11.3 Å². The minimum atomic E-state index is -0.165. The first-order chi connectivity index (χ1) is 9.79. The maximum absolute atomic E-state index is 11.8. The number of carbonyl (C=O) groups excluding carboxylic acids is 1. The van der Waals surface area contributed by atoms with Gasteiger partial charge in [0.1, 0.15) is 6.61 Å². The Balaban J connectivity index is 1.89. The molecule has 4 nitrogen and oxygen atoms in total. The molecular weight excluding hydrogens is 272 g/mol. The van der Waals surface area contributed by atoms with Crippen LogP contribution >= 0.6 is 11.3 Å². The molecule has 2 aromatic rings. The molecule has 0 atom stereocenters. The molecule has 0 unspecified atom stereocenters. The van der Waals surface area contributed by atoms with E-state index in [4.69, 9.17) is 5.11 Å². The summed E-state index contributed by atoms with van der Waals surface area (Å²) in [5, 5.41) is 13.5. The van der Waals surface area contributed by atoms with E-state index in [0.29, 0.717) is 6.54 Å². The van der Waals surface area contributed by atoms with Crippen LogP contribution < -0.4 is 5.32 Å².